The van der Waals surface area contributed by atoms with Crippen LogP contribution in [0.5, 0.6) is 0 Å². The number of nitrogens with zero attached hydrogens (tertiary/aromatic N) is 2. The first-order valence-electron chi connectivity index (χ1n) is 6.98. The molecule has 3 nitrogen and oxygen atoms in total. The van der Waals surface area contributed by atoms with Gasteiger partial charge in [0.15, 0.2) is 4.80 Å². The molecule has 0 fully saturated rings. The third-order valence-corrected chi connectivity index (χ3v) is 5.53. The summed E-state index contributed by atoms with van der Waals surface area (Å²) in [5, 5.41) is 0.805. The Morgan fingerprint density at radius 1 is 1.13 bits per heavy atom. The fourth-order valence-electron chi connectivity index (χ4n) is 2.48. The van der Waals surface area contributed by atoms with Crippen molar-refractivity contribution in [3.63, 3.8) is 0 Å². The maximum Gasteiger partial charge on any atom is 0.281 e. The van der Waals surface area contributed by atoms with E-state index < -0.39 is 5.91 Å². The van der Waals surface area contributed by atoms with E-state index in [-0.39, 0.29) is 0 Å². The molecule has 3 aromatic rings. The van der Waals surface area contributed by atoms with Crippen LogP contribution in [0.15, 0.2) is 35.3 Å². The maximum absolute atomic E-state index is 12.5. The molecule has 0 aliphatic heterocycles. The Morgan fingerprint density at radius 2 is 1.83 bits per heavy atom. The predicted molar refractivity (Wildman–Crippen MR) is 96.6 cm³/mol. The Kier molecular flexibility index (Phi) is 4.32. The molecule has 0 unspecified atom stereocenters. The van der Waals surface area contributed by atoms with Gasteiger partial charge in [0.1, 0.15) is 0 Å². The highest BCUT2D eigenvalue weighted by Gasteiger charge is 2.13. The van der Waals surface area contributed by atoms with Crippen LogP contribution < -0.4 is 4.80 Å². The van der Waals surface area contributed by atoms with E-state index in [1.54, 1.807) is 18.2 Å². The number of aromatic nitrogens is 1. The smallest absolute Gasteiger partial charge is 0.281 e. The number of hydrogen-bond donors (Lipinski definition) is 0. The molecule has 0 atom stereocenters. The normalized spacial score (nSPS) is 12.1. The van der Waals surface area contributed by atoms with Gasteiger partial charge in [-0.3, -0.25) is 4.79 Å². The van der Waals surface area contributed by atoms with Gasteiger partial charge in [0, 0.05) is 12.1 Å². The van der Waals surface area contributed by atoms with Gasteiger partial charge in [-0.05, 0) is 43.2 Å². The second-order valence-corrected chi connectivity index (χ2v) is 7.18. The highest BCUT2D eigenvalue weighted by atomic mass is 35.5. The quantitative estimate of drug-likeness (QED) is 0.604. The van der Waals surface area contributed by atoms with E-state index in [9.17, 15) is 4.79 Å². The first kappa shape index (κ1) is 16.2. The monoisotopic (exact) mass is 364 g/mol. The lowest BCUT2D eigenvalue weighted by Crippen LogP contribution is -2.13. The number of carbonyl (C=O) groups excluding carboxylic acids is 1. The van der Waals surface area contributed by atoms with E-state index in [0.29, 0.717) is 20.4 Å². The molecular weight excluding hydrogens is 351 g/mol. The number of benzene rings is 2. The average Bonchev–Trinajstić information content (AvgIpc) is 2.84. The van der Waals surface area contributed by atoms with Gasteiger partial charge < -0.3 is 4.57 Å². The first-order chi connectivity index (χ1) is 10.9. The van der Waals surface area contributed by atoms with Crippen LogP contribution in [0.1, 0.15) is 21.5 Å². The van der Waals surface area contributed by atoms with Crippen LogP contribution in [0.3, 0.4) is 0 Å². The SMILES string of the molecule is Cc1ccc(C)c2c1sc(=NC(=O)c1cc(Cl)ccc1Cl)n2C. The van der Waals surface area contributed by atoms with Crippen molar-refractivity contribution in [2.45, 2.75) is 13.8 Å². The van der Waals surface area contributed by atoms with Crippen molar-refractivity contribution in [2.75, 3.05) is 0 Å². The van der Waals surface area contributed by atoms with Gasteiger partial charge in [-0.15, -0.1) is 0 Å². The van der Waals surface area contributed by atoms with E-state index in [2.05, 4.69) is 24.0 Å². The number of rotatable bonds is 1. The van der Waals surface area contributed by atoms with Gasteiger partial charge in [0.2, 0.25) is 0 Å². The lowest BCUT2D eigenvalue weighted by Gasteiger charge is -2.02. The van der Waals surface area contributed by atoms with Crippen molar-refractivity contribution < 1.29 is 4.79 Å². The van der Waals surface area contributed by atoms with E-state index in [1.807, 2.05) is 18.5 Å². The molecule has 118 valence electrons. The van der Waals surface area contributed by atoms with Crippen molar-refractivity contribution in [3.8, 4) is 0 Å². The Bertz CT molecular complexity index is 1000. The molecule has 0 saturated heterocycles. The van der Waals surface area contributed by atoms with Crippen molar-refractivity contribution in [3.05, 3.63) is 61.9 Å². The zero-order chi connectivity index (χ0) is 16.7. The van der Waals surface area contributed by atoms with E-state index in [0.717, 1.165) is 15.8 Å². The fraction of sp³-hybridized carbons (Fsp3) is 0.176. The Hall–Kier alpha value is -1.62. The summed E-state index contributed by atoms with van der Waals surface area (Å²) in [7, 11) is 1.91. The molecule has 1 aromatic heterocycles. The topological polar surface area (TPSA) is 34.4 Å². The molecular formula is C17H14Cl2N2OS. The summed E-state index contributed by atoms with van der Waals surface area (Å²) in [6.07, 6.45) is 0. The van der Waals surface area contributed by atoms with Crippen LogP contribution in [0.4, 0.5) is 0 Å². The van der Waals surface area contributed by atoms with Gasteiger partial charge in [-0.2, -0.15) is 4.99 Å². The van der Waals surface area contributed by atoms with Crippen LogP contribution >= 0.6 is 34.5 Å². The lowest BCUT2D eigenvalue weighted by atomic mass is 10.1. The average molecular weight is 365 g/mol. The zero-order valence-electron chi connectivity index (χ0n) is 12.9. The van der Waals surface area contributed by atoms with Gasteiger partial charge in [0.05, 0.1) is 20.8 Å². The Labute approximate surface area is 147 Å². The minimum Gasteiger partial charge on any atom is -0.319 e. The highest BCUT2D eigenvalue weighted by Crippen LogP contribution is 2.25. The van der Waals surface area contributed by atoms with Gasteiger partial charge in [-0.1, -0.05) is 46.7 Å². The van der Waals surface area contributed by atoms with Crippen LogP contribution in [-0.4, -0.2) is 10.5 Å². The van der Waals surface area contributed by atoms with Gasteiger partial charge in [-0.25, -0.2) is 0 Å². The summed E-state index contributed by atoms with van der Waals surface area (Å²) < 4.78 is 3.08. The largest absolute Gasteiger partial charge is 0.319 e. The molecule has 0 saturated carbocycles. The lowest BCUT2D eigenvalue weighted by molar-refractivity contribution is 0.0998. The molecule has 0 radical (unpaired) electrons. The molecule has 0 aliphatic carbocycles. The summed E-state index contributed by atoms with van der Waals surface area (Å²) in [4.78, 5) is 17.4. The number of fused-ring (bicyclic) bond motifs is 1. The van der Waals surface area contributed by atoms with Crippen molar-refractivity contribution >= 4 is 50.7 Å². The molecule has 0 aliphatic rings. The fourth-order valence-corrected chi connectivity index (χ4v) is 4.01. The summed E-state index contributed by atoms with van der Waals surface area (Å²) in [5.74, 6) is -0.394. The van der Waals surface area contributed by atoms with Crippen molar-refractivity contribution in [2.24, 2.45) is 12.0 Å². The Morgan fingerprint density at radius 3 is 2.52 bits per heavy atom. The number of hydrogen-bond acceptors (Lipinski definition) is 2. The third kappa shape index (κ3) is 2.94. The first-order valence-corrected chi connectivity index (χ1v) is 8.55. The summed E-state index contributed by atoms with van der Waals surface area (Å²) >= 11 is 13.5. The number of aryl methyl sites for hydroxylation is 3. The molecule has 0 N–H and O–H groups in total. The highest BCUT2D eigenvalue weighted by molar-refractivity contribution is 7.16. The summed E-state index contributed by atoms with van der Waals surface area (Å²) in [5.41, 5.74) is 3.73. The second-order valence-electron chi connectivity index (χ2n) is 5.36. The molecule has 6 heteroatoms. The molecule has 3 rings (SSSR count). The minimum absolute atomic E-state index is 0.310. The minimum atomic E-state index is -0.394. The molecule has 2 aromatic carbocycles. The van der Waals surface area contributed by atoms with E-state index in [1.165, 1.54) is 16.9 Å². The van der Waals surface area contributed by atoms with Crippen LogP contribution in [0, 0.1) is 13.8 Å². The van der Waals surface area contributed by atoms with Gasteiger partial charge in [0.25, 0.3) is 5.91 Å². The number of halogens is 2. The summed E-state index contributed by atoms with van der Waals surface area (Å²) in [6, 6.07) is 8.94. The van der Waals surface area contributed by atoms with Crippen LogP contribution in [0.25, 0.3) is 10.2 Å². The van der Waals surface area contributed by atoms with Crippen LogP contribution in [0.2, 0.25) is 10.0 Å². The predicted octanol–water partition coefficient (Wildman–Crippen LogP) is 4.90. The molecule has 0 spiro atoms. The second kappa shape index (κ2) is 6.11. The third-order valence-electron chi connectivity index (χ3n) is 3.70. The molecule has 1 heterocycles. The van der Waals surface area contributed by atoms with E-state index >= 15 is 0 Å². The molecule has 0 bridgehead atoms. The van der Waals surface area contributed by atoms with E-state index in [4.69, 9.17) is 23.2 Å². The number of thiazole rings is 1. The number of carbonyl (C=O) groups is 1. The zero-order valence-corrected chi connectivity index (χ0v) is 15.2. The number of amides is 1. The standard InChI is InChI=1S/C17H14Cl2N2OS/c1-9-4-5-10(2)15-14(9)21(3)17(23-15)20-16(22)12-8-11(18)6-7-13(12)19/h4-8H,1-3H3. The maximum atomic E-state index is 12.5. The van der Waals surface area contributed by atoms with Crippen molar-refractivity contribution in [1.82, 2.24) is 4.57 Å². The summed E-state index contributed by atoms with van der Waals surface area (Å²) in [6.45, 7) is 4.10. The molecule has 1 amide bonds. The van der Waals surface area contributed by atoms with Gasteiger partial charge >= 0.3 is 0 Å². The molecule has 23 heavy (non-hydrogen) atoms. The van der Waals surface area contributed by atoms with Crippen LogP contribution in [-0.2, 0) is 7.05 Å². The Balaban J connectivity index is 2.20. The van der Waals surface area contributed by atoms with Crippen molar-refractivity contribution in [1.29, 1.82) is 0 Å².